The van der Waals surface area contributed by atoms with Gasteiger partial charge in [0.15, 0.2) is 6.61 Å². The van der Waals surface area contributed by atoms with Crippen LogP contribution in [-0.4, -0.2) is 62.4 Å². The molecule has 0 radical (unpaired) electrons. The summed E-state index contributed by atoms with van der Waals surface area (Å²) >= 11 is 0. The Morgan fingerprint density at radius 2 is 1.78 bits per heavy atom. The monoisotopic (exact) mass is 400 g/mol. The van der Waals surface area contributed by atoms with Crippen molar-refractivity contribution in [3.05, 3.63) is 29.8 Å². The topological polar surface area (TPSA) is 41.6 Å². The molecule has 0 saturated carbocycles. The second-order valence-corrected chi connectivity index (χ2v) is 6.32. The van der Waals surface area contributed by atoms with E-state index in [4.69, 9.17) is 0 Å². The summed E-state index contributed by atoms with van der Waals surface area (Å²) in [7, 11) is 3.22. The Morgan fingerprint density at radius 3 is 2.33 bits per heavy atom. The Morgan fingerprint density at radius 1 is 1.15 bits per heavy atom. The van der Waals surface area contributed by atoms with Crippen molar-refractivity contribution < 1.29 is 35.9 Å². The number of ether oxygens (including phenoxy) is 1. The van der Waals surface area contributed by atoms with E-state index in [0.717, 1.165) is 0 Å². The molecule has 1 amide bonds. The van der Waals surface area contributed by atoms with Crippen LogP contribution in [0.4, 0.5) is 26.3 Å². The van der Waals surface area contributed by atoms with E-state index in [1.165, 1.54) is 23.1 Å². The van der Waals surface area contributed by atoms with E-state index in [1.807, 2.05) is 0 Å². The van der Waals surface area contributed by atoms with Crippen LogP contribution in [0.25, 0.3) is 0 Å². The van der Waals surface area contributed by atoms with E-state index in [-0.39, 0.29) is 25.1 Å². The minimum absolute atomic E-state index is 0.121. The Kier molecular flexibility index (Phi) is 7.53. The quantitative estimate of drug-likeness (QED) is 0.485. The van der Waals surface area contributed by atoms with Gasteiger partial charge in [-0.15, -0.1) is 0 Å². The van der Waals surface area contributed by atoms with Crippen LogP contribution >= 0.6 is 0 Å². The lowest BCUT2D eigenvalue weighted by atomic mass is 10.1. The fourth-order valence-corrected chi connectivity index (χ4v) is 1.96. The summed E-state index contributed by atoms with van der Waals surface area (Å²) in [5.74, 6) is -15.7. The summed E-state index contributed by atoms with van der Waals surface area (Å²) < 4.78 is 83.5. The molecule has 27 heavy (non-hydrogen) atoms. The minimum atomic E-state index is -5.54. The number of hydrogen-bond acceptors (Lipinski definition) is 3. The van der Waals surface area contributed by atoms with Crippen LogP contribution in [0, 0.1) is 0 Å². The third kappa shape index (κ3) is 6.30. The summed E-state index contributed by atoms with van der Waals surface area (Å²) in [5, 5.41) is 2.89. The Balaban J connectivity index is 2.61. The third-order valence-corrected chi connectivity index (χ3v) is 3.69. The maximum absolute atomic E-state index is 13.5. The molecule has 1 rings (SSSR count). The van der Waals surface area contributed by atoms with Gasteiger partial charge in [0.1, 0.15) is 5.75 Å². The number of carbonyl (C=O) groups excluding carboxylic acids is 1. The van der Waals surface area contributed by atoms with Crippen LogP contribution in [0.5, 0.6) is 5.75 Å². The maximum atomic E-state index is 13.5. The van der Waals surface area contributed by atoms with Crippen molar-refractivity contribution in [1.29, 1.82) is 0 Å². The number of nitrogens with one attached hydrogen (secondary N) is 1. The van der Waals surface area contributed by atoms with Crippen molar-refractivity contribution in [2.45, 2.75) is 31.1 Å². The second kappa shape index (κ2) is 8.81. The summed E-state index contributed by atoms with van der Waals surface area (Å²) in [4.78, 5) is 12.8. The molecule has 0 heterocycles. The molecule has 0 spiro atoms. The summed E-state index contributed by atoms with van der Waals surface area (Å²) in [6, 6.07) is 5.70. The van der Waals surface area contributed by atoms with Gasteiger partial charge in [-0.3, -0.25) is 4.79 Å². The fourth-order valence-electron chi connectivity index (χ4n) is 1.96. The third-order valence-electron chi connectivity index (χ3n) is 3.69. The molecule has 0 aromatic heterocycles. The highest BCUT2D eigenvalue weighted by atomic mass is 19.3. The average Bonchev–Trinajstić information content (AvgIpc) is 2.56. The van der Waals surface area contributed by atoms with Gasteiger partial charge in [-0.1, -0.05) is 12.1 Å². The first-order valence-corrected chi connectivity index (χ1v) is 8.04. The molecule has 0 aliphatic rings. The number of hydrogen-bond donors (Lipinski definition) is 1. The molecule has 0 atom stereocenters. The van der Waals surface area contributed by atoms with E-state index in [2.05, 4.69) is 10.1 Å². The predicted octanol–water partition coefficient (Wildman–Crippen LogP) is 3.21. The first kappa shape index (κ1) is 23.1. The van der Waals surface area contributed by atoms with Crippen LogP contribution in [0.2, 0.25) is 0 Å². The number of carbonyl (C=O) groups is 1. The van der Waals surface area contributed by atoms with Gasteiger partial charge in [0.25, 0.3) is 0 Å². The molecule has 10 heteroatoms. The SMILES string of the molecule is CN(C)C(=O)CNCCc1cccc(OCC(F)(F)C(F)(F)C(C)(F)F)c1. The molecule has 1 aromatic carbocycles. The molecule has 0 saturated heterocycles. The number of alkyl halides is 6. The highest BCUT2D eigenvalue weighted by Gasteiger charge is 2.69. The van der Waals surface area contributed by atoms with E-state index in [1.54, 1.807) is 20.2 Å². The zero-order chi connectivity index (χ0) is 20.9. The van der Waals surface area contributed by atoms with Crippen molar-refractivity contribution in [2.75, 3.05) is 33.8 Å². The summed E-state index contributed by atoms with van der Waals surface area (Å²) in [6.45, 7) is -1.63. The predicted molar refractivity (Wildman–Crippen MR) is 87.7 cm³/mol. The van der Waals surface area contributed by atoms with Gasteiger partial charge >= 0.3 is 17.8 Å². The van der Waals surface area contributed by atoms with E-state index in [0.29, 0.717) is 18.5 Å². The smallest absolute Gasteiger partial charge is 0.375 e. The first-order valence-electron chi connectivity index (χ1n) is 8.04. The summed E-state index contributed by atoms with van der Waals surface area (Å²) in [5.41, 5.74) is 0.633. The zero-order valence-corrected chi connectivity index (χ0v) is 15.2. The maximum Gasteiger partial charge on any atom is 0.375 e. The molecule has 154 valence electrons. The van der Waals surface area contributed by atoms with Crippen LogP contribution in [0.3, 0.4) is 0 Å². The molecule has 4 nitrogen and oxygen atoms in total. The lowest BCUT2D eigenvalue weighted by Gasteiger charge is -2.30. The van der Waals surface area contributed by atoms with Crippen molar-refractivity contribution in [3.8, 4) is 5.75 Å². The van der Waals surface area contributed by atoms with Gasteiger partial charge in [-0.25, -0.2) is 0 Å². The Labute approximate surface area is 153 Å². The van der Waals surface area contributed by atoms with Gasteiger partial charge in [0.05, 0.1) is 6.54 Å². The van der Waals surface area contributed by atoms with Crippen molar-refractivity contribution in [2.24, 2.45) is 0 Å². The van der Waals surface area contributed by atoms with Gasteiger partial charge in [0.2, 0.25) is 5.91 Å². The van der Waals surface area contributed by atoms with Gasteiger partial charge in [0, 0.05) is 21.0 Å². The highest BCUT2D eigenvalue weighted by Crippen LogP contribution is 2.45. The number of benzene rings is 1. The normalized spacial score (nSPS) is 12.8. The van der Waals surface area contributed by atoms with Gasteiger partial charge < -0.3 is 15.0 Å². The second-order valence-electron chi connectivity index (χ2n) is 6.32. The van der Waals surface area contributed by atoms with Crippen molar-refractivity contribution in [3.63, 3.8) is 0 Å². The molecular formula is C17H22F6N2O2. The number of rotatable bonds is 10. The molecule has 1 N–H and O–H groups in total. The highest BCUT2D eigenvalue weighted by molar-refractivity contribution is 5.77. The lowest BCUT2D eigenvalue weighted by Crippen LogP contribution is -2.55. The number of nitrogens with zero attached hydrogens (tertiary/aromatic N) is 1. The standard InChI is InChI=1S/C17H22F6N2O2/c1-15(18,19)17(22,23)16(20,21)11-27-13-6-4-5-12(9-13)7-8-24-10-14(26)25(2)3/h4-6,9,24H,7-8,10-11H2,1-3H3. The molecule has 0 aliphatic heterocycles. The van der Waals surface area contributed by atoms with Crippen LogP contribution < -0.4 is 10.1 Å². The minimum Gasteiger partial charge on any atom is -0.487 e. The van der Waals surface area contributed by atoms with Crippen LogP contribution in [0.1, 0.15) is 12.5 Å². The molecule has 0 unspecified atom stereocenters. The molecule has 0 aliphatic carbocycles. The Hall–Kier alpha value is -1.97. The van der Waals surface area contributed by atoms with E-state index < -0.39 is 24.4 Å². The first-order chi connectivity index (χ1) is 12.3. The largest absolute Gasteiger partial charge is 0.487 e. The number of likely N-dealkylation sites (N-methyl/N-ethyl adjacent to an activating group) is 1. The lowest BCUT2D eigenvalue weighted by molar-refractivity contribution is -0.308. The van der Waals surface area contributed by atoms with Crippen LogP contribution in [-0.2, 0) is 11.2 Å². The summed E-state index contributed by atoms with van der Waals surface area (Å²) in [6.07, 6.45) is 0.414. The Bertz CT molecular complexity index is 632. The molecule has 1 aromatic rings. The molecule has 0 fully saturated rings. The van der Waals surface area contributed by atoms with Crippen LogP contribution in [0.15, 0.2) is 24.3 Å². The average molecular weight is 400 g/mol. The van der Waals surface area contributed by atoms with Crippen molar-refractivity contribution >= 4 is 5.91 Å². The van der Waals surface area contributed by atoms with Crippen molar-refractivity contribution in [1.82, 2.24) is 10.2 Å². The van der Waals surface area contributed by atoms with Gasteiger partial charge in [-0.05, 0) is 30.7 Å². The molecular weight excluding hydrogens is 378 g/mol. The van der Waals surface area contributed by atoms with E-state index in [9.17, 15) is 31.1 Å². The number of amides is 1. The fraction of sp³-hybridized carbons (Fsp3) is 0.588. The number of halogens is 6. The zero-order valence-electron chi connectivity index (χ0n) is 15.2. The van der Waals surface area contributed by atoms with E-state index >= 15 is 0 Å². The molecule has 0 bridgehead atoms. The van der Waals surface area contributed by atoms with Gasteiger partial charge in [-0.2, -0.15) is 26.3 Å².